The zero-order valence-electron chi connectivity index (χ0n) is 11.9. The van der Waals surface area contributed by atoms with Crippen molar-refractivity contribution in [3.05, 3.63) is 77.5 Å². The van der Waals surface area contributed by atoms with Gasteiger partial charge in [0.25, 0.3) is 0 Å². The van der Waals surface area contributed by atoms with Crippen molar-refractivity contribution in [2.24, 2.45) is 0 Å². The predicted octanol–water partition coefficient (Wildman–Crippen LogP) is 5.29. The lowest BCUT2D eigenvalue weighted by molar-refractivity contribution is 0.984. The molecule has 0 aliphatic carbocycles. The molecule has 0 amide bonds. The minimum absolute atomic E-state index is 0.395. The quantitative estimate of drug-likeness (QED) is 0.659. The molecular weight excluding hydrogens is 242 g/mol. The van der Waals surface area contributed by atoms with Gasteiger partial charge < -0.3 is 4.98 Å². The smallest absolute Gasteiger partial charge is 0.0457 e. The highest BCUT2D eigenvalue weighted by Crippen LogP contribution is 2.26. The maximum Gasteiger partial charge on any atom is 0.0457 e. The molecule has 3 rings (SSSR count). The lowest BCUT2D eigenvalue weighted by atomic mass is 9.99. The van der Waals surface area contributed by atoms with E-state index in [1.165, 1.54) is 27.6 Å². The normalized spacial score (nSPS) is 13.1. The molecule has 0 aliphatic rings. The van der Waals surface area contributed by atoms with Crippen molar-refractivity contribution >= 4 is 17.0 Å². The summed E-state index contributed by atoms with van der Waals surface area (Å²) < 4.78 is 0. The fraction of sp³-hybridized carbons (Fsp3) is 0.158. The van der Waals surface area contributed by atoms with Crippen LogP contribution in [-0.2, 0) is 0 Å². The summed E-state index contributed by atoms with van der Waals surface area (Å²) in [5.41, 5.74) is 5.12. The van der Waals surface area contributed by atoms with Crippen LogP contribution in [0.15, 0.2) is 60.8 Å². The summed E-state index contributed by atoms with van der Waals surface area (Å²) in [5, 5.41) is 1.31. The van der Waals surface area contributed by atoms with Crippen LogP contribution in [0.25, 0.3) is 17.0 Å². The second kappa shape index (κ2) is 5.38. The van der Waals surface area contributed by atoms with E-state index in [1.807, 2.05) is 0 Å². The first kappa shape index (κ1) is 12.7. The molecule has 100 valence electrons. The molecule has 1 heteroatoms. The number of para-hydroxylation sites is 1. The van der Waals surface area contributed by atoms with Crippen LogP contribution < -0.4 is 0 Å². The number of H-pyrrole nitrogens is 1. The first-order valence-corrected chi connectivity index (χ1v) is 7.05. The Morgan fingerprint density at radius 2 is 1.90 bits per heavy atom. The number of hydrogen-bond donors (Lipinski definition) is 1. The molecule has 3 aromatic rings. The summed E-state index contributed by atoms with van der Waals surface area (Å²) in [7, 11) is 0. The van der Waals surface area contributed by atoms with E-state index in [0.29, 0.717) is 5.92 Å². The molecule has 0 fully saturated rings. The number of benzene rings is 2. The van der Waals surface area contributed by atoms with Gasteiger partial charge in [-0.3, -0.25) is 0 Å². The highest BCUT2D eigenvalue weighted by atomic mass is 14.7. The Balaban J connectivity index is 1.87. The average Bonchev–Trinajstić information content (AvgIpc) is 2.89. The lowest BCUT2D eigenvalue weighted by Crippen LogP contribution is -1.87. The van der Waals surface area contributed by atoms with Gasteiger partial charge in [-0.2, -0.15) is 0 Å². The van der Waals surface area contributed by atoms with Crippen LogP contribution >= 0.6 is 0 Å². The minimum atomic E-state index is 0.395. The van der Waals surface area contributed by atoms with Crippen LogP contribution in [0.5, 0.6) is 0 Å². The first-order valence-electron chi connectivity index (χ1n) is 7.05. The fourth-order valence-corrected chi connectivity index (χ4v) is 2.60. The van der Waals surface area contributed by atoms with E-state index in [1.54, 1.807) is 0 Å². The SMILES string of the molecule is Cc1cccc(/C=C/C(C)c2c[nH]c3ccccc23)c1. The van der Waals surface area contributed by atoms with E-state index in [4.69, 9.17) is 0 Å². The highest BCUT2D eigenvalue weighted by Gasteiger charge is 2.07. The maximum atomic E-state index is 3.34. The third kappa shape index (κ3) is 2.53. The third-order valence-corrected chi connectivity index (χ3v) is 3.73. The molecule has 0 aliphatic heterocycles. The first-order chi connectivity index (χ1) is 9.74. The molecule has 2 aromatic carbocycles. The van der Waals surface area contributed by atoms with Crippen molar-refractivity contribution < 1.29 is 0 Å². The Labute approximate surface area is 120 Å². The van der Waals surface area contributed by atoms with Gasteiger partial charge in [0.2, 0.25) is 0 Å². The summed E-state index contributed by atoms with van der Waals surface area (Å²) in [6.45, 7) is 4.36. The molecular formula is C19H19N. The van der Waals surface area contributed by atoms with Gasteiger partial charge in [-0.25, -0.2) is 0 Å². The number of allylic oxidation sites excluding steroid dienone is 1. The average molecular weight is 261 g/mol. The molecule has 1 unspecified atom stereocenters. The molecule has 0 saturated heterocycles. The van der Waals surface area contributed by atoms with Crippen LogP contribution in [-0.4, -0.2) is 4.98 Å². The fourth-order valence-electron chi connectivity index (χ4n) is 2.60. The zero-order valence-corrected chi connectivity index (χ0v) is 11.9. The second-order valence-electron chi connectivity index (χ2n) is 5.35. The number of rotatable bonds is 3. The number of aryl methyl sites for hydroxylation is 1. The third-order valence-electron chi connectivity index (χ3n) is 3.73. The van der Waals surface area contributed by atoms with E-state index in [2.05, 4.69) is 85.7 Å². The Bertz CT molecular complexity index is 749. The molecule has 1 nitrogen and oxygen atoms in total. The van der Waals surface area contributed by atoms with E-state index in [0.717, 1.165) is 0 Å². The predicted molar refractivity (Wildman–Crippen MR) is 86.9 cm³/mol. The topological polar surface area (TPSA) is 15.8 Å². The molecule has 1 heterocycles. The van der Waals surface area contributed by atoms with Gasteiger partial charge >= 0.3 is 0 Å². The van der Waals surface area contributed by atoms with Crippen molar-refractivity contribution in [1.82, 2.24) is 4.98 Å². The van der Waals surface area contributed by atoms with Gasteiger partial charge in [-0.15, -0.1) is 0 Å². The Morgan fingerprint density at radius 3 is 2.75 bits per heavy atom. The molecule has 0 radical (unpaired) electrons. The monoisotopic (exact) mass is 261 g/mol. The number of hydrogen-bond acceptors (Lipinski definition) is 0. The van der Waals surface area contributed by atoms with Crippen LogP contribution in [0.4, 0.5) is 0 Å². The Morgan fingerprint density at radius 1 is 1.05 bits per heavy atom. The van der Waals surface area contributed by atoms with E-state index in [9.17, 15) is 0 Å². The number of aromatic amines is 1. The van der Waals surface area contributed by atoms with Crippen molar-refractivity contribution in [3.63, 3.8) is 0 Å². The van der Waals surface area contributed by atoms with Gasteiger partial charge in [0.15, 0.2) is 0 Å². The van der Waals surface area contributed by atoms with E-state index < -0.39 is 0 Å². The molecule has 1 N–H and O–H groups in total. The number of fused-ring (bicyclic) bond motifs is 1. The van der Waals surface area contributed by atoms with Crippen LogP contribution in [0, 0.1) is 6.92 Å². The molecule has 0 spiro atoms. The van der Waals surface area contributed by atoms with Crippen LogP contribution in [0.2, 0.25) is 0 Å². The molecule has 1 atom stereocenters. The molecule has 20 heavy (non-hydrogen) atoms. The number of nitrogens with one attached hydrogen (secondary N) is 1. The minimum Gasteiger partial charge on any atom is -0.361 e. The summed E-state index contributed by atoms with van der Waals surface area (Å²) in [6, 6.07) is 17.0. The molecule has 1 aromatic heterocycles. The summed E-state index contributed by atoms with van der Waals surface area (Å²) >= 11 is 0. The lowest BCUT2D eigenvalue weighted by Gasteiger charge is -2.05. The van der Waals surface area contributed by atoms with E-state index in [-0.39, 0.29) is 0 Å². The Hall–Kier alpha value is -2.28. The summed E-state index contributed by atoms with van der Waals surface area (Å²) in [5.74, 6) is 0.395. The highest BCUT2D eigenvalue weighted by molar-refractivity contribution is 5.84. The Kier molecular flexibility index (Phi) is 3.42. The zero-order chi connectivity index (χ0) is 13.9. The van der Waals surface area contributed by atoms with Crippen molar-refractivity contribution in [1.29, 1.82) is 0 Å². The van der Waals surface area contributed by atoms with E-state index >= 15 is 0 Å². The van der Waals surface area contributed by atoms with Gasteiger partial charge in [0.1, 0.15) is 0 Å². The standard InChI is InChI=1S/C19H19N/c1-14-6-5-7-16(12-14)11-10-15(2)18-13-20-19-9-4-3-8-17(18)19/h3-13,15,20H,1-2H3/b11-10+. The number of aromatic nitrogens is 1. The summed E-state index contributed by atoms with van der Waals surface area (Å²) in [6.07, 6.45) is 6.60. The van der Waals surface area contributed by atoms with Crippen LogP contribution in [0.3, 0.4) is 0 Å². The summed E-state index contributed by atoms with van der Waals surface area (Å²) in [4.78, 5) is 3.34. The van der Waals surface area contributed by atoms with Gasteiger partial charge in [-0.1, -0.05) is 67.1 Å². The van der Waals surface area contributed by atoms with Crippen molar-refractivity contribution in [2.75, 3.05) is 0 Å². The van der Waals surface area contributed by atoms with Gasteiger partial charge in [0, 0.05) is 23.0 Å². The molecule has 0 bridgehead atoms. The second-order valence-corrected chi connectivity index (χ2v) is 5.35. The van der Waals surface area contributed by atoms with Crippen molar-refractivity contribution in [2.45, 2.75) is 19.8 Å². The van der Waals surface area contributed by atoms with Gasteiger partial charge in [0.05, 0.1) is 0 Å². The van der Waals surface area contributed by atoms with Crippen LogP contribution in [0.1, 0.15) is 29.5 Å². The molecule has 0 saturated carbocycles. The van der Waals surface area contributed by atoms with Crippen molar-refractivity contribution in [3.8, 4) is 0 Å². The largest absolute Gasteiger partial charge is 0.361 e. The van der Waals surface area contributed by atoms with Gasteiger partial charge in [-0.05, 0) is 24.1 Å². The maximum absolute atomic E-state index is 3.34.